The Kier molecular flexibility index (Phi) is 6.05. The minimum Gasteiger partial charge on any atom is -0.397 e. The number of carbonyl (C=O) groups is 1. The molecule has 3 N–H and O–H groups in total. The summed E-state index contributed by atoms with van der Waals surface area (Å²) in [5.74, 6) is 0.175. The van der Waals surface area contributed by atoms with E-state index in [0.717, 1.165) is 28.8 Å². The van der Waals surface area contributed by atoms with Gasteiger partial charge in [0.15, 0.2) is 0 Å². The third-order valence-electron chi connectivity index (χ3n) is 5.36. The van der Waals surface area contributed by atoms with E-state index in [1.54, 1.807) is 29.5 Å². The van der Waals surface area contributed by atoms with Crippen LogP contribution in [0, 0.1) is 5.92 Å². The molecule has 2 unspecified atom stereocenters. The highest BCUT2D eigenvalue weighted by Gasteiger charge is 2.32. The Morgan fingerprint density at radius 2 is 1.97 bits per heavy atom. The summed E-state index contributed by atoms with van der Waals surface area (Å²) >= 11 is 1.64. The molecule has 0 spiro atoms. The number of anilines is 2. The van der Waals surface area contributed by atoms with Crippen LogP contribution in [0.4, 0.5) is 11.4 Å². The van der Waals surface area contributed by atoms with Gasteiger partial charge in [-0.15, -0.1) is 15.9 Å². The Bertz CT molecular complexity index is 1000. The summed E-state index contributed by atoms with van der Waals surface area (Å²) in [6, 6.07) is 17.0. The summed E-state index contributed by atoms with van der Waals surface area (Å²) in [6.45, 7) is 0. The molecule has 1 fully saturated rings. The molecule has 0 bridgehead atoms. The lowest BCUT2D eigenvalue weighted by Gasteiger charge is -2.30. The Morgan fingerprint density at radius 1 is 1.17 bits per heavy atom. The predicted octanol–water partition coefficient (Wildman–Crippen LogP) is 6.05. The number of nitrogens with two attached hydrogens (primary N) is 1. The van der Waals surface area contributed by atoms with E-state index in [1.165, 1.54) is 6.42 Å². The molecule has 7 heteroatoms. The lowest BCUT2D eigenvalue weighted by Crippen LogP contribution is -2.21. The Balaban J connectivity index is 1.50. The van der Waals surface area contributed by atoms with Crippen molar-refractivity contribution in [3.63, 3.8) is 0 Å². The van der Waals surface area contributed by atoms with E-state index in [4.69, 9.17) is 10.3 Å². The second-order valence-corrected chi connectivity index (χ2v) is 8.52. The van der Waals surface area contributed by atoms with Gasteiger partial charge in [0.2, 0.25) is 0 Å². The molecule has 1 heterocycles. The van der Waals surface area contributed by atoms with Crippen LogP contribution < -0.4 is 11.1 Å². The van der Waals surface area contributed by atoms with E-state index in [9.17, 15) is 9.36 Å². The molecule has 1 aromatic heterocycles. The Hall–Kier alpha value is -2.53. The average Bonchev–Trinajstić information content (AvgIpc) is 3.23. The molecular weight excluding hydrogens is 403 g/mol. The van der Waals surface area contributed by atoms with Crippen LogP contribution in [0.1, 0.15) is 41.3 Å². The second-order valence-electron chi connectivity index (χ2n) is 7.17. The zero-order valence-corrected chi connectivity index (χ0v) is 17.6. The molecule has 5 nitrogen and oxygen atoms in total. The van der Waals surface area contributed by atoms with Crippen molar-refractivity contribution < 1.29 is 13.9 Å². The topological polar surface area (TPSA) is 81.4 Å². The van der Waals surface area contributed by atoms with Crippen molar-refractivity contribution >= 4 is 37.3 Å². The first-order valence-corrected chi connectivity index (χ1v) is 11.2. The SMILES string of the molecule is Nc1ccc(-c2cccs2)cc1NC(=O)c1ccc(C(O[PH+]=O)C2CCC2)cc1. The van der Waals surface area contributed by atoms with Gasteiger partial charge in [0, 0.05) is 10.4 Å². The van der Waals surface area contributed by atoms with Crippen LogP contribution in [-0.2, 0) is 9.09 Å². The van der Waals surface area contributed by atoms with Crippen molar-refractivity contribution in [3.8, 4) is 10.4 Å². The molecule has 0 aliphatic heterocycles. The maximum absolute atomic E-state index is 12.7. The maximum Gasteiger partial charge on any atom is 0.494 e. The first-order chi connectivity index (χ1) is 14.2. The molecule has 148 valence electrons. The van der Waals surface area contributed by atoms with E-state index >= 15 is 0 Å². The quantitative estimate of drug-likeness (QED) is 0.357. The molecule has 1 aliphatic rings. The number of thiophene rings is 1. The number of hydrogen-bond acceptors (Lipinski definition) is 5. The number of nitrogens with one attached hydrogen (secondary N) is 1. The van der Waals surface area contributed by atoms with Crippen molar-refractivity contribution in [2.24, 2.45) is 5.92 Å². The van der Waals surface area contributed by atoms with E-state index in [1.807, 2.05) is 41.8 Å². The molecule has 29 heavy (non-hydrogen) atoms. The largest absolute Gasteiger partial charge is 0.494 e. The minimum atomic E-state index is -0.788. The zero-order chi connectivity index (χ0) is 20.2. The maximum atomic E-state index is 12.7. The molecular formula is C22H22N2O3PS+. The van der Waals surface area contributed by atoms with Crippen molar-refractivity contribution in [1.29, 1.82) is 0 Å². The highest BCUT2D eigenvalue weighted by Crippen LogP contribution is 2.41. The number of amides is 1. The third-order valence-corrected chi connectivity index (χ3v) is 6.63. The standard InChI is InChI=1S/C22H21N2O3PS/c23-18-11-10-17(20-5-2-12-29-20)13-19(18)24-22(25)16-8-6-15(7-9-16)21(27-28-26)14-3-1-4-14/h2,5-14,21,28H,1,3-4,23H2/p+1. The fraction of sp³-hybridized carbons (Fsp3) is 0.227. The van der Waals surface area contributed by atoms with Gasteiger partial charge in [0.25, 0.3) is 5.91 Å². The van der Waals surface area contributed by atoms with Gasteiger partial charge in [-0.1, -0.05) is 30.7 Å². The first-order valence-electron chi connectivity index (χ1n) is 9.53. The summed E-state index contributed by atoms with van der Waals surface area (Å²) in [4.78, 5) is 13.8. The molecule has 2 aromatic carbocycles. The van der Waals surface area contributed by atoms with Gasteiger partial charge in [-0.3, -0.25) is 4.79 Å². The lowest BCUT2D eigenvalue weighted by atomic mass is 9.79. The van der Waals surface area contributed by atoms with Gasteiger partial charge >= 0.3 is 8.69 Å². The number of benzene rings is 2. The second kappa shape index (κ2) is 8.87. The number of carbonyl (C=O) groups excluding carboxylic acids is 1. The van der Waals surface area contributed by atoms with E-state index in [2.05, 4.69) is 5.32 Å². The van der Waals surface area contributed by atoms with Crippen LogP contribution in [0.25, 0.3) is 10.4 Å². The summed E-state index contributed by atoms with van der Waals surface area (Å²) in [5.41, 5.74) is 9.67. The van der Waals surface area contributed by atoms with Crippen LogP contribution >= 0.6 is 20.0 Å². The summed E-state index contributed by atoms with van der Waals surface area (Å²) in [5, 5.41) is 4.92. The van der Waals surface area contributed by atoms with Crippen molar-refractivity contribution in [2.75, 3.05) is 11.1 Å². The first kappa shape index (κ1) is 19.8. The summed E-state index contributed by atoms with van der Waals surface area (Å²) in [6.07, 6.45) is 3.17. The van der Waals surface area contributed by atoms with Gasteiger partial charge in [-0.25, -0.2) is 0 Å². The van der Waals surface area contributed by atoms with Crippen LogP contribution in [-0.4, -0.2) is 5.91 Å². The fourth-order valence-corrected chi connectivity index (χ4v) is 4.67. The van der Waals surface area contributed by atoms with Crippen LogP contribution in [0.15, 0.2) is 60.0 Å². The molecule has 1 saturated carbocycles. The van der Waals surface area contributed by atoms with Gasteiger partial charge in [0.05, 0.1) is 11.4 Å². The molecule has 3 aromatic rings. The normalized spacial score (nSPS) is 15.0. The smallest absolute Gasteiger partial charge is 0.397 e. The molecule has 0 radical (unpaired) electrons. The average molecular weight is 425 g/mol. The molecule has 4 rings (SSSR count). The summed E-state index contributed by atoms with van der Waals surface area (Å²) in [7, 11) is -0.788. The predicted molar refractivity (Wildman–Crippen MR) is 119 cm³/mol. The van der Waals surface area contributed by atoms with E-state index in [0.29, 0.717) is 22.9 Å². The van der Waals surface area contributed by atoms with Crippen LogP contribution in [0.5, 0.6) is 0 Å². The Labute approximate surface area is 175 Å². The molecule has 1 amide bonds. The van der Waals surface area contributed by atoms with Gasteiger partial charge in [-0.2, -0.15) is 0 Å². The fourth-order valence-electron chi connectivity index (χ4n) is 3.51. The lowest BCUT2D eigenvalue weighted by molar-refractivity contribution is 0.0960. The number of hydrogen-bond donors (Lipinski definition) is 2. The number of nitrogen functional groups attached to an aromatic ring is 1. The van der Waals surface area contributed by atoms with E-state index < -0.39 is 8.69 Å². The molecule has 0 saturated heterocycles. The third kappa shape index (κ3) is 4.40. The van der Waals surface area contributed by atoms with Gasteiger partial charge < -0.3 is 11.1 Å². The Morgan fingerprint density at radius 3 is 2.59 bits per heavy atom. The van der Waals surface area contributed by atoms with Crippen molar-refractivity contribution in [2.45, 2.75) is 25.4 Å². The van der Waals surface area contributed by atoms with Gasteiger partial charge in [-0.05, 0) is 70.2 Å². The van der Waals surface area contributed by atoms with Crippen LogP contribution in [0.2, 0.25) is 0 Å². The number of rotatable bonds is 7. The van der Waals surface area contributed by atoms with Crippen molar-refractivity contribution in [1.82, 2.24) is 0 Å². The zero-order valence-electron chi connectivity index (χ0n) is 15.8. The van der Waals surface area contributed by atoms with Crippen LogP contribution in [0.3, 0.4) is 0 Å². The highest BCUT2D eigenvalue weighted by atomic mass is 32.1. The highest BCUT2D eigenvalue weighted by molar-refractivity contribution is 7.17. The minimum absolute atomic E-state index is 0.171. The monoisotopic (exact) mass is 425 g/mol. The summed E-state index contributed by atoms with van der Waals surface area (Å²) < 4.78 is 16.5. The molecule has 1 aliphatic carbocycles. The van der Waals surface area contributed by atoms with Gasteiger partial charge in [0.1, 0.15) is 6.10 Å². The van der Waals surface area contributed by atoms with Crippen molar-refractivity contribution in [3.05, 3.63) is 71.1 Å². The van der Waals surface area contributed by atoms with E-state index in [-0.39, 0.29) is 12.0 Å². The molecule has 2 atom stereocenters.